The Morgan fingerprint density at radius 3 is 2.74 bits per heavy atom. The molecule has 2 heterocycles. The SMILES string of the molecule is NN=CN1CCC[C@@H](CNC(=O)C[C@H](NC(=O)NCc2ccco2)C(=O)N(CC(=O)O)C2CC2)C1. The van der Waals surface area contributed by atoms with Gasteiger partial charge in [-0.2, -0.15) is 5.10 Å². The van der Waals surface area contributed by atoms with Crippen LogP contribution in [-0.2, 0) is 20.9 Å². The fraction of sp³-hybridized carbons (Fsp3) is 0.591. The third-order valence-corrected chi connectivity index (χ3v) is 5.94. The van der Waals surface area contributed by atoms with Crippen molar-refractivity contribution in [2.45, 2.75) is 50.7 Å². The molecule has 13 nitrogen and oxygen atoms in total. The van der Waals surface area contributed by atoms with E-state index in [1.54, 1.807) is 18.5 Å². The van der Waals surface area contributed by atoms with Gasteiger partial charge in [-0.3, -0.25) is 14.4 Å². The predicted molar refractivity (Wildman–Crippen MR) is 125 cm³/mol. The maximum atomic E-state index is 13.2. The van der Waals surface area contributed by atoms with Gasteiger partial charge in [-0.25, -0.2) is 4.79 Å². The highest BCUT2D eigenvalue weighted by atomic mass is 16.4. The topological polar surface area (TPSA) is 183 Å². The number of carbonyl (C=O) groups is 4. The van der Waals surface area contributed by atoms with Gasteiger partial charge >= 0.3 is 12.0 Å². The number of likely N-dealkylation sites (tertiary alicyclic amines) is 1. The molecule has 1 saturated carbocycles. The van der Waals surface area contributed by atoms with Crippen molar-refractivity contribution in [2.75, 3.05) is 26.2 Å². The average molecular weight is 492 g/mol. The Hall–Kier alpha value is -3.77. The summed E-state index contributed by atoms with van der Waals surface area (Å²) in [5, 5.41) is 20.7. The standard InChI is InChI=1S/C22H33N7O6/c23-26-14-28-7-1-3-15(12-28)10-24-19(30)9-18(21(33)29(13-20(31)32)16-5-6-16)27-22(34)25-11-17-4-2-8-35-17/h2,4,8,14-16,18H,1,3,5-7,9-13,23H2,(H,24,30)(H,31,32)(H2,25,27,34)/t15-,18-/m0/s1. The number of nitrogens with zero attached hydrogens (tertiary/aromatic N) is 3. The molecule has 0 spiro atoms. The van der Waals surface area contributed by atoms with Gasteiger partial charge in [-0.1, -0.05) is 0 Å². The van der Waals surface area contributed by atoms with E-state index in [0.29, 0.717) is 31.7 Å². The molecule has 0 unspecified atom stereocenters. The molecule has 192 valence electrons. The lowest BCUT2D eigenvalue weighted by Gasteiger charge is -2.31. The third kappa shape index (κ3) is 8.50. The molecule has 1 aromatic rings. The summed E-state index contributed by atoms with van der Waals surface area (Å²) >= 11 is 0. The van der Waals surface area contributed by atoms with Crippen molar-refractivity contribution in [1.29, 1.82) is 0 Å². The maximum absolute atomic E-state index is 13.2. The summed E-state index contributed by atoms with van der Waals surface area (Å²) in [6.45, 7) is 1.56. The van der Waals surface area contributed by atoms with Crippen LogP contribution in [0.1, 0.15) is 37.9 Å². The van der Waals surface area contributed by atoms with Crippen LogP contribution in [0.25, 0.3) is 0 Å². The molecule has 6 N–H and O–H groups in total. The van der Waals surface area contributed by atoms with Gasteiger partial charge in [0.25, 0.3) is 0 Å². The molecule has 3 rings (SSSR count). The summed E-state index contributed by atoms with van der Waals surface area (Å²) in [4.78, 5) is 52.8. The zero-order chi connectivity index (χ0) is 25.2. The third-order valence-electron chi connectivity index (χ3n) is 5.94. The van der Waals surface area contributed by atoms with Crippen LogP contribution >= 0.6 is 0 Å². The van der Waals surface area contributed by atoms with Crippen molar-refractivity contribution < 1.29 is 28.7 Å². The van der Waals surface area contributed by atoms with E-state index >= 15 is 0 Å². The lowest BCUT2D eigenvalue weighted by atomic mass is 9.98. The van der Waals surface area contributed by atoms with Crippen LogP contribution < -0.4 is 21.8 Å². The second kappa shape index (κ2) is 12.6. The molecule has 1 saturated heterocycles. The Morgan fingerprint density at radius 2 is 2.09 bits per heavy atom. The maximum Gasteiger partial charge on any atom is 0.323 e. The fourth-order valence-corrected chi connectivity index (χ4v) is 4.09. The average Bonchev–Trinajstić information content (AvgIpc) is 3.53. The molecule has 35 heavy (non-hydrogen) atoms. The predicted octanol–water partition coefficient (Wildman–Crippen LogP) is -0.357. The quantitative estimate of drug-likeness (QED) is 0.114. The number of urea groups is 1. The van der Waals surface area contributed by atoms with Gasteiger partial charge < -0.3 is 41.1 Å². The number of aliphatic carboxylic acids is 1. The first-order chi connectivity index (χ1) is 16.9. The number of carbonyl (C=O) groups excluding carboxylic acids is 3. The van der Waals surface area contributed by atoms with Crippen LogP contribution in [0.4, 0.5) is 4.79 Å². The summed E-state index contributed by atoms with van der Waals surface area (Å²) in [5.74, 6) is 3.77. The molecular formula is C22H33N7O6. The highest BCUT2D eigenvalue weighted by Gasteiger charge is 2.38. The van der Waals surface area contributed by atoms with Crippen LogP contribution in [0.15, 0.2) is 27.9 Å². The van der Waals surface area contributed by atoms with E-state index in [1.807, 2.05) is 4.90 Å². The lowest BCUT2D eigenvalue weighted by Crippen LogP contribution is -2.54. The number of nitrogens with one attached hydrogen (secondary N) is 3. The number of carboxylic acid groups (broad SMARTS) is 1. The zero-order valence-electron chi connectivity index (χ0n) is 19.5. The largest absolute Gasteiger partial charge is 0.480 e. The first-order valence-corrected chi connectivity index (χ1v) is 11.7. The van der Waals surface area contributed by atoms with E-state index in [9.17, 15) is 24.3 Å². The minimum Gasteiger partial charge on any atom is -0.480 e. The second-order valence-corrected chi connectivity index (χ2v) is 8.83. The molecular weight excluding hydrogens is 458 g/mol. The van der Waals surface area contributed by atoms with E-state index < -0.39 is 36.4 Å². The Labute approximate surface area is 203 Å². The van der Waals surface area contributed by atoms with Crippen LogP contribution in [-0.4, -0.2) is 83.3 Å². The number of hydrogen-bond donors (Lipinski definition) is 5. The van der Waals surface area contributed by atoms with Gasteiger partial charge in [0.2, 0.25) is 11.8 Å². The summed E-state index contributed by atoms with van der Waals surface area (Å²) in [7, 11) is 0. The molecule has 2 aliphatic rings. The Kier molecular flexibility index (Phi) is 9.32. The van der Waals surface area contributed by atoms with Crippen molar-refractivity contribution in [3.05, 3.63) is 24.2 Å². The van der Waals surface area contributed by atoms with E-state index in [0.717, 1.165) is 19.4 Å². The van der Waals surface area contributed by atoms with Gasteiger partial charge in [-0.15, -0.1) is 0 Å². The Morgan fingerprint density at radius 1 is 1.29 bits per heavy atom. The Balaban J connectivity index is 1.58. The molecule has 4 amide bonds. The zero-order valence-corrected chi connectivity index (χ0v) is 19.5. The number of furan rings is 1. The number of hydrazone groups is 1. The van der Waals surface area contributed by atoms with Crippen LogP contribution in [0.3, 0.4) is 0 Å². The summed E-state index contributed by atoms with van der Waals surface area (Å²) in [5.41, 5.74) is 0. The number of piperidine rings is 1. The van der Waals surface area contributed by atoms with Gasteiger partial charge in [-0.05, 0) is 43.7 Å². The highest BCUT2D eigenvalue weighted by Crippen LogP contribution is 2.27. The molecule has 0 aromatic carbocycles. The van der Waals surface area contributed by atoms with Crippen LogP contribution in [0.2, 0.25) is 0 Å². The number of nitrogens with two attached hydrogens (primary N) is 1. The van der Waals surface area contributed by atoms with E-state index in [2.05, 4.69) is 21.1 Å². The molecule has 0 radical (unpaired) electrons. The first-order valence-electron chi connectivity index (χ1n) is 11.7. The highest BCUT2D eigenvalue weighted by molar-refractivity contribution is 5.93. The van der Waals surface area contributed by atoms with Crippen molar-refractivity contribution >= 4 is 30.2 Å². The number of hydrogen-bond acceptors (Lipinski definition) is 7. The molecule has 0 bridgehead atoms. The molecule has 1 aromatic heterocycles. The molecule has 2 fully saturated rings. The van der Waals surface area contributed by atoms with E-state index in [-0.39, 0.29) is 24.9 Å². The van der Waals surface area contributed by atoms with Gasteiger partial charge in [0, 0.05) is 25.7 Å². The summed E-state index contributed by atoms with van der Waals surface area (Å²) in [6, 6.07) is 1.29. The summed E-state index contributed by atoms with van der Waals surface area (Å²) in [6.07, 6.45) is 5.98. The van der Waals surface area contributed by atoms with E-state index in [4.69, 9.17) is 10.3 Å². The van der Waals surface area contributed by atoms with Gasteiger partial charge in [0.1, 0.15) is 24.7 Å². The minimum atomic E-state index is -1.21. The van der Waals surface area contributed by atoms with Gasteiger partial charge in [0.15, 0.2) is 0 Å². The van der Waals surface area contributed by atoms with Crippen molar-refractivity contribution in [1.82, 2.24) is 25.8 Å². The smallest absolute Gasteiger partial charge is 0.323 e. The molecule has 2 atom stereocenters. The van der Waals surface area contributed by atoms with Crippen molar-refractivity contribution in [3.8, 4) is 0 Å². The van der Waals surface area contributed by atoms with E-state index in [1.165, 1.54) is 11.2 Å². The molecule has 13 heteroatoms. The number of amides is 4. The van der Waals surface area contributed by atoms with Crippen LogP contribution in [0, 0.1) is 5.92 Å². The molecule has 1 aliphatic carbocycles. The monoisotopic (exact) mass is 491 g/mol. The lowest BCUT2D eigenvalue weighted by molar-refractivity contribution is -0.146. The van der Waals surface area contributed by atoms with Crippen molar-refractivity contribution in [3.63, 3.8) is 0 Å². The Bertz CT molecular complexity index is 902. The number of rotatable bonds is 12. The van der Waals surface area contributed by atoms with Crippen LogP contribution in [0.5, 0.6) is 0 Å². The van der Waals surface area contributed by atoms with Gasteiger partial charge in [0.05, 0.1) is 19.2 Å². The minimum absolute atomic E-state index is 0.0949. The molecule has 1 aliphatic heterocycles. The fourth-order valence-electron chi connectivity index (χ4n) is 4.09. The van der Waals surface area contributed by atoms with Crippen molar-refractivity contribution in [2.24, 2.45) is 16.9 Å². The summed E-state index contributed by atoms with van der Waals surface area (Å²) < 4.78 is 5.17. The normalized spacial score (nSPS) is 18.6. The second-order valence-electron chi connectivity index (χ2n) is 8.83. The first kappa shape index (κ1) is 25.8. The number of carboxylic acids is 1.